The van der Waals surface area contributed by atoms with Crippen LogP contribution in [0.3, 0.4) is 0 Å². The van der Waals surface area contributed by atoms with Gasteiger partial charge in [0.05, 0.1) is 34.6 Å². The van der Waals surface area contributed by atoms with Gasteiger partial charge in [0.2, 0.25) is 0 Å². The van der Waals surface area contributed by atoms with Gasteiger partial charge >= 0.3 is 0 Å². The van der Waals surface area contributed by atoms with Gasteiger partial charge in [0.1, 0.15) is 11.5 Å². The Morgan fingerprint density at radius 1 is 1.19 bits per heavy atom. The molecule has 4 aromatic rings. The van der Waals surface area contributed by atoms with Crippen molar-refractivity contribution in [1.82, 2.24) is 24.1 Å². The number of halogens is 2. The van der Waals surface area contributed by atoms with E-state index in [2.05, 4.69) is 30.4 Å². The maximum Gasteiger partial charge on any atom is 0.154 e. The molecule has 0 aliphatic rings. The van der Waals surface area contributed by atoms with Crippen molar-refractivity contribution in [2.24, 2.45) is 0 Å². The number of rotatable bonds is 4. The third-order valence-corrected chi connectivity index (χ3v) is 4.67. The van der Waals surface area contributed by atoms with Crippen LogP contribution in [0.15, 0.2) is 49.4 Å². The van der Waals surface area contributed by atoms with Crippen LogP contribution in [0.25, 0.3) is 34.4 Å². The third-order valence-electron chi connectivity index (χ3n) is 4.38. The largest absolute Gasteiger partial charge is 0.326 e. The molecule has 1 aromatic carbocycles. The maximum absolute atomic E-state index is 13.6. The topological polar surface area (TPSA) is 48.0 Å². The highest BCUT2D eigenvalue weighted by atomic mass is 35.5. The van der Waals surface area contributed by atoms with Crippen LogP contribution in [0.5, 0.6) is 0 Å². The van der Waals surface area contributed by atoms with Gasteiger partial charge in [-0.3, -0.25) is 0 Å². The number of fused-ring (bicyclic) bond motifs is 1. The van der Waals surface area contributed by atoms with Gasteiger partial charge in [0, 0.05) is 11.6 Å². The van der Waals surface area contributed by atoms with E-state index in [1.807, 2.05) is 16.7 Å². The Bertz CT molecular complexity index is 1160. The molecule has 136 valence electrons. The highest BCUT2D eigenvalue weighted by Gasteiger charge is 2.19. The summed E-state index contributed by atoms with van der Waals surface area (Å²) in [5, 5.41) is 4.79. The molecule has 0 bridgehead atoms. The SMILES string of the molecule is C=Cc1cnc2ccc(-c3c(-c4ccc(F)c(Cl)c4)ncn3C(C)C)nn12. The van der Waals surface area contributed by atoms with Gasteiger partial charge in [-0.15, -0.1) is 0 Å². The van der Waals surface area contributed by atoms with Crippen molar-refractivity contribution < 1.29 is 4.39 Å². The van der Waals surface area contributed by atoms with Crippen LogP contribution < -0.4 is 0 Å². The second-order valence-electron chi connectivity index (χ2n) is 6.45. The van der Waals surface area contributed by atoms with E-state index < -0.39 is 5.82 Å². The van der Waals surface area contributed by atoms with Crippen molar-refractivity contribution in [3.63, 3.8) is 0 Å². The van der Waals surface area contributed by atoms with E-state index in [-0.39, 0.29) is 11.1 Å². The van der Waals surface area contributed by atoms with Crippen molar-refractivity contribution in [1.29, 1.82) is 0 Å². The molecule has 0 aliphatic carbocycles. The minimum atomic E-state index is -0.459. The molecule has 0 fully saturated rings. The Morgan fingerprint density at radius 3 is 2.70 bits per heavy atom. The van der Waals surface area contributed by atoms with Gasteiger partial charge < -0.3 is 4.57 Å². The molecule has 27 heavy (non-hydrogen) atoms. The summed E-state index contributed by atoms with van der Waals surface area (Å²) >= 11 is 5.99. The van der Waals surface area contributed by atoms with Crippen molar-refractivity contribution >= 4 is 23.3 Å². The average Bonchev–Trinajstić information content (AvgIpc) is 3.27. The molecule has 0 saturated carbocycles. The Balaban J connectivity index is 1.97. The van der Waals surface area contributed by atoms with Crippen molar-refractivity contribution in [3.8, 4) is 22.6 Å². The van der Waals surface area contributed by atoms with Gasteiger partial charge in [0.15, 0.2) is 5.65 Å². The quantitative estimate of drug-likeness (QED) is 0.483. The molecule has 0 saturated heterocycles. The lowest BCUT2D eigenvalue weighted by atomic mass is 10.1. The first-order valence-corrected chi connectivity index (χ1v) is 8.87. The van der Waals surface area contributed by atoms with E-state index in [4.69, 9.17) is 16.7 Å². The summed E-state index contributed by atoms with van der Waals surface area (Å²) < 4.78 is 17.4. The fourth-order valence-electron chi connectivity index (χ4n) is 3.02. The van der Waals surface area contributed by atoms with Gasteiger partial charge in [-0.2, -0.15) is 5.10 Å². The first-order valence-electron chi connectivity index (χ1n) is 8.49. The van der Waals surface area contributed by atoms with Crippen LogP contribution >= 0.6 is 11.6 Å². The zero-order valence-electron chi connectivity index (χ0n) is 14.9. The lowest BCUT2D eigenvalue weighted by Gasteiger charge is -2.13. The number of hydrogen-bond donors (Lipinski definition) is 0. The monoisotopic (exact) mass is 381 g/mol. The molecular weight excluding hydrogens is 365 g/mol. The number of hydrogen-bond acceptors (Lipinski definition) is 3. The van der Waals surface area contributed by atoms with Crippen LogP contribution in [0.4, 0.5) is 4.39 Å². The first-order chi connectivity index (χ1) is 13.0. The zero-order chi connectivity index (χ0) is 19.1. The highest BCUT2D eigenvalue weighted by molar-refractivity contribution is 6.31. The lowest BCUT2D eigenvalue weighted by molar-refractivity contribution is 0.603. The van der Waals surface area contributed by atoms with Crippen LogP contribution in [-0.2, 0) is 0 Å². The molecule has 5 nitrogen and oxygen atoms in total. The molecule has 0 amide bonds. The van der Waals surface area contributed by atoms with Gasteiger partial charge in [-0.05, 0) is 50.3 Å². The summed E-state index contributed by atoms with van der Waals surface area (Å²) in [5.74, 6) is -0.459. The fourth-order valence-corrected chi connectivity index (χ4v) is 3.20. The van der Waals surface area contributed by atoms with Gasteiger partial charge in [0.25, 0.3) is 0 Å². The van der Waals surface area contributed by atoms with Gasteiger partial charge in [-0.25, -0.2) is 18.9 Å². The first kappa shape index (κ1) is 17.4. The van der Waals surface area contributed by atoms with Crippen molar-refractivity contribution in [3.05, 3.63) is 66.0 Å². The number of aromatic nitrogens is 5. The Hall–Kier alpha value is -2.99. The maximum atomic E-state index is 13.6. The van der Waals surface area contributed by atoms with Gasteiger partial charge in [-0.1, -0.05) is 18.2 Å². The molecule has 0 spiro atoms. The Labute approximate surface area is 160 Å². The number of nitrogens with zero attached hydrogens (tertiary/aromatic N) is 5. The minimum Gasteiger partial charge on any atom is -0.326 e. The van der Waals surface area contributed by atoms with Crippen molar-refractivity contribution in [2.75, 3.05) is 0 Å². The molecule has 3 heterocycles. The molecule has 7 heteroatoms. The summed E-state index contributed by atoms with van der Waals surface area (Å²) in [7, 11) is 0. The highest BCUT2D eigenvalue weighted by Crippen LogP contribution is 2.34. The van der Waals surface area contributed by atoms with Crippen LogP contribution in [0, 0.1) is 5.82 Å². The Morgan fingerprint density at radius 2 is 2.00 bits per heavy atom. The summed E-state index contributed by atoms with van der Waals surface area (Å²) in [6.45, 7) is 7.94. The van der Waals surface area contributed by atoms with Crippen LogP contribution in [0.2, 0.25) is 5.02 Å². The number of benzene rings is 1. The normalized spacial score (nSPS) is 11.4. The van der Waals surface area contributed by atoms with E-state index >= 15 is 0 Å². The van der Waals surface area contributed by atoms with E-state index in [0.29, 0.717) is 5.69 Å². The van der Waals surface area contributed by atoms with E-state index in [1.165, 1.54) is 6.07 Å². The summed E-state index contributed by atoms with van der Waals surface area (Å²) in [5.41, 5.74) is 4.51. The fraction of sp³-hybridized carbons (Fsp3) is 0.150. The third kappa shape index (κ3) is 2.92. The van der Waals surface area contributed by atoms with Crippen LogP contribution in [-0.4, -0.2) is 24.1 Å². The molecular formula is C20H17ClFN5. The van der Waals surface area contributed by atoms with E-state index in [1.54, 1.807) is 35.2 Å². The average molecular weight is 382 g/mol. The standard InChI is InChI=1S/C20H17ClFN5/c1-4-14-10-23-18-8-7-17(25-27(14)18)20-19(24-11-26(20)12(2)3)13-5-6-16(22)15(21)9-13/h4-12H,1H2,2-3H3. The minimum absolute atomic E-state index is 0.0597. The molecule has 0 N–H and O–H groups in total. The zero-order valence-corrected chi connectivity index (χ0v) is 15.7. The summed E-state index contributed by atoms with van der Waals surface area (Å²) in [6.07, 6.45) is 5.19. The van der Waals surface area contributed by atoms with Crippen LogP contribution in [0.1, 0.15) is 25.6 Å². The second-order valence-corrected chi connectivity index (χ2v) is 6.85. The van der Waals surface area contributed by atoms with Crippen molar-refractivity contribution in [2.45, 2.75) is 19.9 Å². The predicted molar refractivity (Wildman–Crippen MR) is 105 cm³/mol. The molecule has 4 rings (SSSR count). The Kier molecular flexibility index (Phi) is 4.28. The summed E-state index contributed by atoms with van der Waals surface area (Å²) in [6, 6.07) is 8.56. The molecule has 0 atom stereocenters. The van der Waals surface area contributed by atoms with E-state index in [9.17, 15) is 4.39 Å². The molecule has 3 aromatic heterocycles. The number of imidazole rings is 2. The smallest absolute Gasteiger partial charge is 0.154 e. The lowest BCUT2D eigenvalue weighted by Crippen LogP contribution is -2.05. The molecule has 0 radical (unpaired) electrons. The van der Waals surface area contributed by atoms with E-state index in [0.717, 1.165) is 28.3 Å². The predicted octanol–water partition coefficient (Wildman–Crippen LogP) is 5.28. The molecule has 0 aliphatic heterocycles. The second kappa shape index (κ2) is 6.63. The molecule has 0 unspecified atom stereocenters. The summed E-state index contributed by atoms with van der Waals surface area (Å²) in [4.78, 5) is 8.88.